The summed E-state index contributed by atoms with van der Waals surface area (Å²) in [6, 6.07) is 0. The second kappa shape index (κ2) is 7.55. The van der Waals surface area contributed by atoms with E-state index in [9.17, 15) is 5.11 Å². The first-order valence-electron chi connectivity index (χ1n) is 4.07. The monoisotopic (exact) mass is 207 g/mol. The number of unbranched alkanes of at least 4 members (excludes halogenated alkanes) is 4. The molecule has 1 unspecified atom stereocenters. The van der Waals surface area contributed by atoms with Crippen LogP contribution in [0.25, 0.3) is 0 Å². The molecule has 1 radical (unpaired) electrons. The van der Waals surface area contributed by atoms with Crippen LogP contribution in [0.4, 0.5) is 0 Å². The fourth-order valence-corrected chi connectivity index (χ4v) is 1.23. The summed E-state index contributed by atoms with van der Waals surface area (Å²) in [4.78, 5) is 0. The third kappa shape index (κ3) is 8.44. The van der Waals surface area contributed by atoms with Crippen LogP contribution >= 0.6 is 15.9 Å². The Labute approximate surface area is 72.0 Å². The number of halogens is 1. The molecular formula is C8H16BrO. The van der Waals surface area contributed by atoms with Crippen LogP contribution in [0.2, 0.25) is 0 Å². The van der Waals surface area contributed by atoms with Crippen molar-refractivity contribution in [2.24, 2.45) is 0 Å². The van der Waals surface area contributed by atoms with E-state index in [0.29, 0.717) is 0 Å². The Morgan fingerprint density at radius 3 is 2.30 bits per heavy atom. The van der Waals surface area contributed by atoms with Gasteiger partial charge in [-0.15, -0.1) is 0 Å². The predicted octanol–water partition coefficient (Wildman–Crippen LogP) is 3.50. The maximum Gasteiger partial charge on any atom is 0.147 e. The maximum atomic E-state index is 10.5. The standard InChI is InChI=1S/C8H16BrO/c1-2-3-4-5-6-7-8(9)10/h8H,2-7H2,1H3. The van der Waals surface area contributed by atoms with Crippen molar-refractivity contribution in [3.8, 4) is 0 Å². The van der Waals surface area contributed by atoms with Crippen LogP contribution in [0.15, 0.2) is 0 Å². The first kappa shape index (κ1) is 10.4. The molecule has 0 bridgehead atoms. The molecule has 0 fully saturated rings. The molecule has 0 N–H and O–H groups in total. The smallest absolute Gasteiger partial charge is 0.147 e. The number of hydrogen-bond donors (Lipinski definition) is 0. The lowest BCUT2D eigenvalue weighted by Gasteiger charge is -1.99. The molecule has 1 nitrogen and oxygen atoms in total. The molecule has 61 valence electrons. The molecule has 1 atom stereocenters. The zero-order valence-electron chi connectivity index (χ0n) is 6.61. The fourth-order valence-electron chi connectivity index (χ4n) is 0.908. The van der Waals surface area contributed by atoms with Gasteiger partial charge in [-0.05, 0) is 12.8 Å². The molecule has 0 rings (SSSR count). The maximum absolute atomic E-state index is 10.5. The van der Waals surface area contributed by atoms with E-state index in [1.165, 1.54) is 25.7 Å². The molecule has 0 amide bonds. The fraction of sp³-hybridized carbons (Fsp3) is 1.00. The third-order valence-corrected chi connectivity index (χ3v) is 1.99. The molecule has 0 aromatic carbocycles. The van der Waals surface area contributed by atoms with E-state index >= 15 is 0 Å². The summed E-state index contributed by atoms with van der Waals surface area (Å²) in [5.41, 5.74) is 0. The molecule has 0 aromatic rings. The van der Waals surface area contributed by atoms with Crippen LogP contribution in [-0.4, -0.2) is 5.01 Å². The third-order valence-electron chi connectivity index (χ3n) is 1.53. The minimum atomic E-state index is -0.533. The second-order valence-electron chi connectivity index (χ2n) is 2.61. The van der Waals surface area contributed by atoms with Crippen molar-refractivity contribution in [1.29, 1.82) is 0 Å². The highest BCUT2D eigenvalue weighted by Crippen LogP contribution is 2.10. The highest BCUT2D eigenvalue weighted by atomic mass is 79.9. The van der Waals surface area contributed by atoms with Crippen LogP contribution < -0.4 is 0 Å². The van der Waals surface area contributed by atoms with Crippen molar-refractivity contribution in [1.82, 2.24) is 0 Å². The summed E-state index contributed by atoms with van der Waals surface area (Å²) in [6.45, 7) is 2.20. The van der Waals surface area contributed by atoms with Gasteiger partial charge in [0.25, 0.3) is 0 Å². The van der Waals surface area contributed by atoms with Gasteiger partial charge in [0.2, 0.25) is 0 Å². The molecular weight excluding hydrogens is 192 g/mol. The largest absolute Gasteiger partial charge is 0.221 e. The van der Waals surface area contributed by atoms with Crippen LogP contribution in [0.1, 0.15) is 45.4 Å². The van der Waals surface area contributed by atoms with E-state index in [2.05, 4.69) is 22.9 Å². The molecule has 0 aromatic heterocycles. The first-order chi connectivity index (χ1) is 4.77. The molecule has 0 aliphatic heterocycles. The van der Waals surface area contributed by atoms with Crippen molar-refractivity contribution in [2.75, 3.05) is 0 Å². The summed E-state index contributed by atoms with van der Waals surface area (Å²) in [5, 5.41) is 9.94. The van der Waals surface area contributed by atoms with E-state index < -0.39 is 5.01 Å². The van der Waals surface area contributed by atoms with Gasteiger partial charge >= 0.3 is 0 Å². The number of rotatable bonds is 6. The summed E-state index contributed by atoms with van der Waals surface area (Å²) in [6.07, 6.45) is 6.96. The molecule has 0 aliphatic rings. The van der Waals surface area contributed by atoms with Gasteiger partial charge < -0.3 is 0 Å². The zero-order chi connectivity index (χ0) is 7.82. The Bertz CT molecular complexity index is 64.3. The normalized spacial score (nSPS) is 13.5. The Kier molecular flexibility index (Phi) is 7.88. The lowest BCUT2D eigenvalue weighted by Crippen LogP contribution is -1.91. The summed E-state index contributed by atoms with van der Waals surface area (Å²) < 4.78 is 0. The topological polar surface area (TPSA) is 19.9 Å². The molecule has 2 heteroatoms. The molecule has 0 spiro atoms. The van der Waals surface area contributed by atoms with Crippen molar-refractivity contribution in [2.45, 2.75) is 50.5 Å². The Hall–Kier alpha value is 0.440. The summed E-state index contributed by atoms with van der Waals surface area (Å²) in [7, 11) is 0. The van der Waals surface area contributed by atoms with Gasteiger partial charge in [-0.3, -0.25) is 0 Å². The second-order valence-corrected chi connectivity index (χ2v) is 3.63. The average molecular weight is 208 g/mol. The lowest BCUT2D eigenvalue weighted by molar-refractivity contribution is 0.160. The van der Waals surface area contributed by atoms with Crippen LogP contribution in [0.5, 0.6) is 0 Å². The van der Waals surface area contributed by atoms with E-state index in [4.69, 9.17) is 0 Å². The highest BCUT2D eigenvalue weighted by molar-refractivity contribution is 9.09. The Balaban J connectivity index is 2.77. The summed E-state index contributed by atoms with van der Waals surface area (Å²) >= 11 is 2.99. The van der Waals surface area contributed by atoms with Crippen LogP contribution in [0, 0.1) is 0 Å². The quantitative estimate of drug-likeness (QED) is 0.470. The van der Waals surface area contributed by atoms with Gasteiger partial charge in [0.1, 0.15) is 5.01 Å². The van der Waals surface area contributed by atoms with E-state index in [1.807, 2.05) is 0 Å². The van der Waals surface area contributed by atoms with Crippen molar-refractivity contribution >= 4 is 15.9 Å². The Morgan fingerprint density at radius 2 is 1.80 bits per heavy atom. The van der Waals surface area contributed by atoms with Gasteiger partial charge in [0.05, 0.1) is 0 Å². The predicted molar refractivity (Wildman–Crippen MR) is 46.8 cm³/mol. The van der Waals surface area contributed by atoms with Gasteiger partial charge in [-0.2, -0.15) is 0 Å². The van der Waals surface area contributed by atoms with Gasteiger partial charge in [0.15, 0.2) is 0 Å². The van der Waals surface area contributed by atoms with Crippen LogP contribution in [-0.2, 0) is 5.11 Å². The Morgan fingerprint density at radius 1 is 1.20 bits per heavy atom. The highest BCUT2D eigenvalue weighted by Gasteiger charge is 1.97. The minimum Gasteiger partial charge on any atom is -0.221 e. The number of hydrogen-bond acceptors (Lipinski definition) is 0. The van der Waals surface area contributed by atoms with E-state index in [0.717, 1.165) is 12.8 Å². The zero-order valence-corrected chi connectivity index (χ0v) is 8.19. The first-order valence-corrected chi connectivity index (χ1v) is 4.98. The SMILES string of the molecule is CCCCCCCC([O])Br. The minimum absolute atomic E-state index is 0.533. The van der Waals surface area contributed by atoms with Crippen LogP contribution in [0.3, 0.4) is 0 Å². The summed E-state index contributed by atoms with van der Waals surface area (Å²) in [5.74, 6) is 0. The average Bonchev–Trinajstić information content (AvgIpc) is 1.87. The molecule has 0 saturated carbocycles. The molecule has 0 saturated heterocycles. The molecule has 0 aliphatic carbocycles. The lowest BCUT2D eigenvalue weighted by atomic mass is 10.1. The molecule has 0 heterocycles. The van der Waals surface area contributed by atoms with E-state index in [1.54, 1.807) is 0 Å². The molecule has 10 heavy (non-hydrogen) atoms. The van der Waals surface area contributed by atoms with Crippen molar-refractivity contribution in [3.63, 3.8) is 0 Å². The van der Waals surface area contributed by atoms with Gasteiger partial charge in [0, 0.05) is 0 Å². The van der Waals surface area contributed by atoms with Crippen molar-refractivity contribution in [3.05, 3.63) is 0 Å². The van der Waals surface area contributed by atoms with Crippen molar-refractivity contribution < 1.29 is 5.11 Å². The number of alkyl halides is 1. The van der Waals surface area contributed by atoms with Gasteiger partial charge in [-0.1, -0.05) is 48.5 Å². The van der Waals surface area contributed by atoms with E-state index in [-0.39, 0.29) is 0 Å². The van der Waals surface area contributed by atoms with Gasteiger partial charge in [-0.25, -0.2) is 5.11 Å².